The van der Waals surface area contributed by atoms with Crippen LogP contribution in [0.1, 0.15) is 109 Å². The fourth-order valence-corrected chi connectivity index (χ4v) is 10.6. The average Bonchev–Trinajstić information content (AvgIpc) is 4.02. The molecule has 0 radical (unpaired) electrons. The van der Waals surface area contributed by atoms with Crippen molar-refractivity contribution >= 4 is 29.0 Å². The molecule has 0 saturated heterocycles. The lowest BCUT2D eigenvalue weighted by Gasteiger charge is -2.20. The standard InChI is InChI=1S/C27H32O3.C27H30O3/c2*1-4-20-11-17(3)12-21(5-2)24(20)25-26(29)22-13-19(15-28)14-23(22)27(25)30-16-18-9-7-6-8-10-18/h6-12,19,22-23,28H,4-5,13-16H2,1-3H3;6-12,15,19,22-23H,4-5,13-14,16H2,1-3H3. The van der Waals surface area contributed by atoms with Gasteiger partial charge >= 0.3 is 0 Å². The molecule has 6 atom stereocenters. The molecule has 60 heavy (non-hydrogen) atoms. The minimum Gasteiger partial charge on any atom is -0.492 e. The summed E-state index contributed by atoms with van der Waals surface area (Å²) in [5.74, 6) is 2.12. The molecule has 4 aromatic carbocycles. The predicted octanol–water partition coefficient (Wildman–Crippen LogP) is 10.7. The molecule has 8 rings (SSSR count). The van der Waals surface area contributed by atoms with Gasteiger partial charge < -0.3 is 19.4 Å². The van der Waals surface area contributed by atoms with Gasteiger partial charge in [0.15, 0.2) is 11.6 Å². The van der Waals surface area contributed by atoms with E-state index in [1.54, 1.807) is 0 Å². The van der Waals surface area contributed by atoms with E-state index in [4.69, 9.17) is 9.47 Å². The van der Waals surface area contributed by atoms with Gasteiger partial charge in [-0.05, 0) is 116 Å². The van der Waals surface area contributed by atoms with Crippen molar-refractivity contribution in [3.8, 4) is 0 Å². The molecule has 1 N–H and O–H groups in total. The molecule has 314 valence electrons. The molecule has 6 unspecified atom stereocenters. The molecular formula is C54H62O6. The number of carbonyl (C=O) groups is 3. The third-order valence-corrected chi connectivity index (χ3v) is 13.4. The van der Waals surface area contributed by atoms with E-state index in [1.807, 2.05) is 48.5 Å². The molecule has 0 spiro atoms. The number of ketones is 2. The van der Waals surface area contributed by atoms with Gasteiger partial charge in [0.05, 0.1) is 11.1 Å². The van der Waals surface area contributed by atoms with Gasteiger partial charge in [-0.25, -0.2) is 0 Å². The van der Waals surface area contributed by atoms with Crippen LogP contribution in [-0.4, -0.2) is 29.6 Å². The second-order valence-electron chi connectivity index (χ2n) is 17.4. The van der Waals surface area contributed by atoms with E-state index in [0.29, 0.717) is 26.1 Å². The number of aliphatic hydroxyl groups excluding tert-OH is 1. The van der Waals surface area contributed by atoms with Crippen LogP contribution < -0.4 is 0 Å². The van der Waals surface area contributed by atoms with Crippen molar-refractivity contribution in [1.82, 2.24) is 0 Å². The highest BCUT2D eigenvalue weighted by atomic mass is 16.5. The zero-order valence-corrected chi connectivity index (χ0v) is 36.4. The fraction of sp³-hybridized carbons (Fsp3) is 0.426. The highest BCUT2D eigenvalue weighted by Crippen LogP contribution is 2.53. The van der Waals surface area contributed by atoms with Crippen LogP contribution in [0, 0.1) is 49.4 Å². The first-order valence-electron chi connectivity index (χ1n) is 22.4. The molecule has 0 bridgehead atoms. The van der Waals surface area contributed by atoms with Gasteiger partial charge in [-0.3, -0.25) is 9.59 Å². The molecule has 0 heterocycles. The zero-order chi connectivity index (χ0) is 42.5. The Hall–Kier alpha value is -5.07. The van der Waals surface area contributed by atoms with Crippen molar-refractivity contribution < 1.29 is 29.0 Å². The van der Waals surface area contributed by atoms with Gasteiger partial charge in [0.2, 0.25) is 0 Å². The minimum absolute atomic E-state index is 0.0159. The number of aldehydes is 1. The summed E-state index contributed by atoms with van der Waals surface area (Å²) in [7, 11) is 0. The monoisotopic (exact) mass is 806 g/mol. The first-order valence-corrected chi connectivity index (χ1v) is 22.4. The SMILES string of the molecule is CCc1cc(C)cc(CC)c1C1=C(OCc2ccccc2)C2CC(C=O)CC2C1=O.CCc1cc(C)cc(CC)c1C1=C(OCc2ccccc2)C2CC(CO)CC2C1=O. The van der Waals surface area contributed by atoms with Gasteiger partial charge in [0.25, 0.3) is 0 Å². The Bertz CT molecular complexity index is 2220. The summed E-state index contributed by atoms with van der Waals surface area (Å²) in [5, 5.41) is 9.71. The Morgan fingerprint density at radius 2 is 0.933 bits per heavy atom. The van der Waals surface area contributed by atoms with E-state index in [0.717, 1.165) is 89.7 Å². The topological polar surface area (TPSA) is 89.9 Å². The van der Waals surface area contributed by atoms with E-state index in [1.165, 1.54) is 33.4 Å². The van der Waals surface area contributed by atoms with Crippen molar-refractivity contribution in [3.05, 3.63) is 152 Å². The van der Waals surface area contributed by atoms with Gasteiger partial charge in [0, 0.05) is 36.2 Å². The number of rotatable bonds is 14. The molecule has 0 aliphatic heterocycles. The fourth-order valence-electron chi connectivity index (χ4n) is 10.6. The highest BCUT2D eigenvalue weighted by molar-refractivity contribution is 6.26. The summed E-state index contributed by atoms with van der Waals surface area (Å²) < 4.78 is 12.8. The Kier molecular flexibility index (Phi) is 13.7. The quantitative estimate of drug-likeness (QED) is 0.128. The van der Waals surface area contributed by atoms with Crippen LogP contribution in [0.5, 0.6) is 0 Å². The van der Waals surface area contributed by atoms with E-state index in [2.05, 4.69) is 77.9 Å². The van der Waals surface area contributed by atoms with Crippen LogP contribution in [0.3, 0.4) is 0 Å². The van der Waals surface area contributed by atoms with Crippen LogP contribution in [0.15, 0.2) is 96.4 Å². The second kappa shape index (κ2) is 19.1. The number of hydrogen-bond donors (Lipinski definition) is 1. The number of carbonyl (C=O) groups excluding carboxylic acids is 3. The molecule has 0 amide bonds. The number of aliphatic hydroxyl groups is 1. The van der Waals surface area contributed by atoms with Crippen LogP contribution in [-0.2, 0) is 62.8 Å². The summed E-state index contributed by atoms with van der Waals surface area (Å²) in [6.45, 7) is 13.9. The second-order valence-corrected chi connectivity index (χ2v) is 17.4. The molecule has 6 nitrogen and oxygen atoms in total. The molecule has 4 aromatic rings. The summed E-state index contributed by atoms with van der Waals surface area (Å²) in [4.78, 5) is 38.8. The lowest BCUT2D eigenvalue weighted by Crippen LogP contribution is -2.14. The number of ether oxygens (including phenoxy) is 2. The van der Waals surface area contributed by atoms with Crippen molar-refractivity contribution in [2.45, 2.75) is 106 Å². The van der Waals surface area contributed by atoms with Crippen LogP contribution in [0.25, 0.3) is 11.1 Å². The summed E-state index contributed by atoms with van der Waals surface area (Å²) >= 11 is 0. The molecular weight excluding hydrogens is 745 g/mol. The largest absolute Gasteiger partial charge is 0.492 e. The van der Waals surface area contributed by atoms with E-state index in [-0.39, 0.29) is 53.7 Å². The Labute approximate surface area is 357 Å². The van der Waals surface area contributed by atoms with Crippen molar-refractivity contribution in [1.29, 1.82) is 0 Å². The maximum Gasteiger partial charge on any atom is 0.170 e. The average molecular weight is 807 g/mol. The van der Waals surface area contributed by atoms with Crippen molar-refractivity contribution in [2.75, 3.05) is 6.61 Å². The first-order chi connectivity index (χ1) is 29.1. The molecule has 6 heteroatoms. The molecule has 2 fully saturated rings. The number of allylic oxidation sites excluding steroid dienone is 4. The number of benzene rings is 4. The zero-order valence-electron chi connectivity index (χ0n) is 36.4. The lowest BCUT2D eigenvalue weighted by atomic mass is 9.87. The van der Waals surface area contributed by atoms with Gasteiger partial charge in [-0.2, -0.15) is 0 Å². The van der Waals surface area contributed by atoms with Crippen LogP contribution in [0.4, 0.5) is 0 Å². The van der Waals surface area contributed by atoms with Gasteiger partial charge in [-0.15, -0.1) is 0 Å². The normalized spacial score (nSPS) is 23.1. The Morgan fingerprint density at radius 1 is 0.567 bits per heavy atom. The Balaban J connectivity index is 0.000000181. The van der Waals surface area contributed by atoms with Crippen molar-refractivity contribution in [2.24, 2.45) is 35.5 Å². The van der Waals surface area contributed by atoms with E-state index in [9.17, 15) is 19.5 Å². The molecule has 4 aliphatic carbocycles. The smallest absolute Gasteiger partial charge is 0.170 e. The minimum atomic E-state index is -0.128. The Morgan fingerprint density at radius 3 is 1.32 bits per heavy atom. The van der Waals surface area contributed by atoms with E-state index >= 15 is 0 Å². The van der Waals surface area contributed by atoms with Crippen LogP contribution >= 0.6 is 0 Å². The first kappa shape index (κ1) is 43.0. The maximum atomic E-state index is 13.7. The van der Waals surface area contributed by atoms with Gasteiger partial charge in [-0.1, -0.05) is 124 Å². The third kappa shape index (κ3) is 8.59. The van der Waals surface area contributed by atoms with Gasteiger partial charge in [0.1, 0.15) is 31.0 Å². The van der Waals surface area contributed by atoms with E-state index < -0.39 is 0 Å². The maximum absolute atomic E-state index is 13.7. The number of Topliss-reactive ketones (excluding diaryl/α,β-unsaturated/α-hetero) is 2. The number of hydrogen-bond acceptors (Lipinski definition) is 6. The number of fused-ring (bicyclic) bond motifs is 2. The highest BCUT2D eigenvalue weighted by Gasteiger charge is 2.51. The van der Waals surface area contributed by atoms with Crippen molar-refractivity contribution in [3.63, 3.8) is 0 Å². The predicted molar refractivity (Wildman–Crippen MR) is 239 cm³/mol. The third-order valence-electron chi connectivity index (χ3n) is 13.4. The summed E-state index contributed by atoms with van der Waals surface area (Å²) in [6.07, 6.45) is 7.49. The summed E-state index contributed by atoms with van der Waals surface area (Å²) in [6, 6.07) is 29.0. The molecule has 0 aromatic heterocycles. The summed E-state index contributed by atoms with van der Waals surface area (Å²) in [5.41, 5.74) is 13.3. The number of aryl methyl sites for hydroxylation is 6. The lowest BCUT2D eigenvalue weighted by molar-refractivity contribution is -0.118. The molecule has 2 saturated carbocycles. The van der Waals surface area contributed by atoms with Crippen LogP contribution in [0.2, 0.25) is 0 Å². The molecule has 4 aliphatic rings.